The van der Waals surface area contributed by atoms with Gasteiger partial charge < -0.3 is 9.88 Å². The number of rotatable bonds is 3. The summed E-state index contributed by atoms with van der Waals surface area (Å²) in [6.07, 6.45) is 2.20. The van der Waals surface area contributed by atoms with E-state index in [2.05, 4.69) is 16.0 Å². The molecule has 1 amide bonds. The van der Waals surface area contributed by atoms with Gasteiger partial charge in [-0.1, -0.05) is 6.07 Å². The molecule has 1 N–H and O–H groups in total. The molecule has 2 fully saturated rings. The van der Waals surface area contributed by atoms with Gasteiger partial charge in [0.05, 0.1) is 35.6 Å². The summed E-state index contributed by atoms with van der Waals surface area (Å²) in [5.41, 5.74) is 1.47. The smallest absolute Gasteiger partial charge is 0.261 e. The number of nitriles is 1. The molecular formula is C21H23F2N5O. The number of likely N-dealkylation sites (tertiary alicyclic amines) is 1. The van der Waals surface area contributed by atoms with E-state index in [1.807, 2.05) is 6.92 Å². The van der Waals surface area contributed by atoms with Crippen LogP contribution in [0.4, 0.5) is 14.5 Å². The second-order valence-electron chi connectivity index (χ2n) is 8.15. The highest BCUT2D eigenvalue weighted by Crippen LogP contribution is 2.46. The molecular weight excluding hydrogens is 376 g/mol. The van der Waals surface area contributed by atoms with E-state index in [-0.39, 0.29) is 25.5 Å². The Morgan fingerprint density at radius 3 is 2.90 bits per heavy atom. The fourth-order valence-corrected chi connectivity index (χ4v) is 4.66. The molecule has 1 aromatic heterocycles. The minimum Gasteiger partial charge on any atom is -0.348 e. The van der Waals surface area contributed by atoms with E-state index in [1.54, 1.807) is 40.4 Å². The zero-order valence-electron chi connectivity index (χ0n) is 16.3. The Hall–Kier alpha value is -2.79. The maximum absolute atomic E-state index is 14.8. The Labute approximate surface area is 168 Å². The number of carbonyl (C=O) groups excluding carboxylic acids is 1. The van der Waals surface area contributed by atoms with E-state index < -0.39 is 17.8 Å². The summed E-state index contributed by atoms with van der Waals surface area (Å²) in [6.45, 7) is 2.51. The maximum Gasteiger partial charge on any atom is 0.261 e. The number of piperidine rings is 2. The summed E-state index contributed by atoms with van der Waals surface area (Å²) >= 11 is 0. The predicted molar refractivity (Wildman–Crippen MR) is 103 cm³/mol. The van der Waals surface area contributed by atoms with E-state index in [1.165, 1.54) is 0 Å². The van der Waals surface area contributed by atoms with Crippen LogP contribution in [0.25, 0.3) is 0 Å². The number of aromatic amines is 1. The molecule has 2 saturated heterocycles. The third-order valence-electron chi connectivity index (χ3n) is 5.91. The average molecular weight is 399 g/mol. The van der Waals surface area contributed by atoms with Crippen LogP contribution in [0.5, 0.6) is 0 Å². The predicted octanol–water partition coefficient (Wildman–Crippen LogP) is 3.24. The Bertz CT molecular complexity index is 966. The van der Waals surface area contributed by atoms with Crippen LogP contribution in [-0.2, 0) is 11.3 Å². The first kappa shape index (κ1) is 19.5. The highest BCUT2D eigenvalue weighted by molar-refractivity contribution is 5.98. The van der Waals surface area contributed by atoms with Crippen molar-refractivity contribution >= 4 is 11.6 Å². The number of alkyl halides is 2. The first-order valence-electron chi connectivity index (χ1n) is 9.73. The summed E-state index contributed by atoms with van der Waals surface area (Å²) in [6, 6.07) is 8.84. The van der Waals surface area contributed by atoms with Crippen molar-refractivity contribution in [3.63, 3.8) is 0 Å². The molecule has 152 valence electrons. The van der Waals surface area contributed by atoms with Crippen LogP contribution < -0.4 is 4.90 Å². The van der Waals surface area contributed by atoms with Gasteiger partial charge in [-0.2, -0.15) is 5.26 Å². The number of carbonyl (C=O) groups is 1. The molecule has 2 aliphatic heterocycles. The SMILES string of the molecule is Cc1[nH]cnc1CN1CC(F)(F)CC2(CCCN(c3cccc(C#N)c3)C2=O)C1. The van der Waals surface area contributed by atoms with Crippen LogP contribution in [-0.4, -0.2) is 46.3 Å². The molecule has 0 saturated carbocycles. The monoisotopic (exact) mass is 399 g/mol. The van der Waals surface area contributed by atoms with Gasteiger partial charge in [0, 0.05) is 37.4 Å². The quantitative estimate of drug-likeness (QED) is 0.860. The molecule has 0 aliphatic carbocycles. The van der Waals surface area contributed by atoms with E-state index in [9.17, 15) is 13.6 Å². The van der Waals surface area contributed by atoms with Gasteiger partial charge in [-0.25, -0.2) is 13.8 Å². The fourth-order valence-electron chi connectivity index (χ4n) is 4.66. The van der Waals surface area contributed by atoms with E-state index in [4.69, 9.17) is 5.26 Å². The van der Waals surface area contributed by atoms with Crippen molar-refractivity contribution in [3.05, 3.63) is 47.5 Å². The number of hydrogen-bond donors (Lipinski definition) is 1. The largest absolute Gasteiger partial charge is 0.348 e. The topological polar surface area (TPSA) is 76.0 Å². The standard InChI is InChI=1S/C21H23F2N5O/c1-15-18(26-14-25-15)10-27-12-20(11-21(22,23)13-27)6-3-7-28(19(20)29)17-5-2-4-16(8-17)9-24/h2,4-5,8,14H,3,6-7,10-13H2,1H3,(H,25,26). The molecule has 2 aliphatic rings. The summed E-state index contributed by atoms with van der Waals surface area (Å²) in [7, 11) is 0. The maximum atomic E-state index is 14.8. The summed E-state index contributed by atoms with van der Waals surface area (Å²) < 4.78 is 29.5. The van der Waals surface area contributed by atoms with Crippen molar-refractivity contribution in [2.75, 3.05) is 24.5 Å². The number of amides is 1. The molecule has 0 bridgehead atoms. The number of hydrogen-bond acceptors (Lipinski definition) is 4. The van der Waals surface area contributed by atoms with Crippen molar-refractivity contribution in [1.29, 1.82) is 5.26 Å². The van der Waals surface area contributed by atoms with Crippen LogP contribution in [0.3, 0.4) is 0 Å². The van der Waals surface area contributed by atoms with Gasteiger partial charge in [0.15, 0.2) is 0 Å². The number of H-pyrrole nitrogens is 1. The van der Waals surface area contributed by atoms with Gasteiger partial charge in [-0.3, -0.25) is 9.69 Å². The minimum atomic E-state index is -2.95. The van der Waals surface area contributed by atoms with Crippen molar-refractivity contribution in [3.8, 4) is 6.07 Å². The van der Waals surface area contributed by atoms with Crippen molar-refractivity contribution in [1.82, 2.24) is 14.9 Å². The number of imidazole rings is 1. The molecule has 1 spiro atoms. The van der Waals surface area contributed by atoms with E-state index in [0.29, 0.717) is 30.6 Å². The summed E-state index contributed by atoms with van der Waals surface area (Å²) in [4.78, 5) is 23.9. The summed E-state index contributed by atoms with van der Waals surface area (Å²) in [5.74, 6) is -3.22. The number of anilines is 1. The Morgan fingerprint density at radius 1 is 1.34 bits per heavy atom. The molecule has 1 atom stereocenters. The van der Waals surface area contributed by atoms with Crippen LogP contribution in [0.15, 0.2) is 30.6 Å². The number of aryl methyl sites for hydroxylation is 1. The van der Waals surface area contributed by atoms with Crippen LogP contribution >= 0.6 is 0 Å². The fraction of sp³-hybridized carbons (Fsp3) is 0.476. The molecule has 6 nitrogen and oxygen atoms in total. The van der Waals surface area contributed by atoms with Crippen LogP contribution in [0, 0.1) is 23.7 Å². The van der Waals surface area contributed by atoms with Crippen molar-refractivity contribution in [2.45, 2.75) is 38.7 Å². The van der Waals surface area contributed by atoms with Crippen LogP contribution in [0.2, 0.25) is 0 Å². The van der Waals surface area contributed by atoms with Gasteiger partial charge in [0.2, 0.25) is 5.91 Å². The zero-order chi connectivity index (χ0) is 20.6. The second-order valence-corrected chi connectivity index (χ2v) is 8.15. The first-order chi connectivity index (χ1) is 13.8. The van der Waals surface area contributed by atoms with Crippen LogP contribution in [0.1, 0.15) is 36.2 Å². The molecule has 29 heavy (non-hydrogen) atoms. The Morgan fingerprint density at radius 2 is 2.17 bits per heavy atom. The first-order valence-corrected chi connectivity index (χ1v) is 9.73. The summed E-state index contributed by atoms with van der Waals surface area (Å²) in [5, 5.41) is 9.15. The van der Waals surface area contributed by atoms with Crippen molar-refractivity contribution < 1.29 is 13.6 Å². The van der Waals surface area contributed by atoms with Gasteiger partial charge in [0.25, 0.3) is 5.92 Å². The zero-order valence-corrected chi connectivity index (χ0v) is 16.3. The Kier molecular flexibility index (Phi) is 4.87. The average Bonchev–Trinajstić information content (AvgIpc) is 3.07. The van der Waals surface area contributed by atoms with Gasteiger partial charge in [0.1, 0.15) is 0 Å². The number of benzene rings is 1. The highest BCUT2D eigenvalue weighted by atomic mass is 19.3. The lowest BCUT2D eigenvalue weighted by molar-refractivity contribution is -0.155. The van der Waals surface area contributed by atoms with Crippen molar-refractivity contribution in [2.24, 2.45) is 5.41 Å². The minimum absolute atomic E-state index is 0.276. The molecule has 4 rings (SSSR count). The molecule has 8 heteroatoms. The van der Waals surface area contributed by atoms with E-state index >= 15 is 0 Å². The molecule has 1 aromatic carbocycles. The molecule has 1 unspecified atom stereocenters. The number of aromatic nitrogens is 2. The number of nitrogens with one attached hydrogen (secondary N) is 1. The lowest BCUT2D eigenvalue weighted by Crippen LogP contribution is -2.61. The normalized spacial score (nSPS) is 24.6. The highest BCUT2D eigenvalue weighted by Gasteiger charge is 2.55. The molecule has 3 heterocycles. The lowest BCUT2D eigenvalue weighted by Gasteiger charge is -2.49. The van der Waals surface area contributed by atoms with Gasteiger partial charge in [-0.05, 0) is 38.0 Å². The number of halogens is 2. The number of nitrogens with zero attached hydrogens (tertiary/aromatic N) is 4. The molecule has 0 radical (unpaired) electrons. The Balaban J connectivity index is 1.63. The van der Waals surface area contributed by atoms with Gasteiger partial charge in [-0.15, -0.1) is 0 Å². The molecule has 2 aromatic rings. The third-order valence-corrected chi connectivity index (χ3v) is 5.91. The third kappa shape index (κ3) is 3.75. The second kappa shape index (κ2) is 7.23. The van der Waals surface area contributed by atoms with E-state index in [0.717, 1.165) is 11.4 Å². The lowest BCUT2D eigenvalue weighted by atomic mass is 9.71. The van der Waals surface area contributed by atoms with Gasteiger partial charge >= 0.3 is 0 Å².